The SMILES string of the molecule is OCCc1ccc(OCc2ccccn2)cc1. The molecular weight excluding hydrogens is 214 g/mol. The monoisotopic (exact) mass is 229 g/mol. The summed E-state index contributed by atoms with van der Waals surface area (Å²) in [5, 5.41) is 8.80. The summed E-state index contributed by atoms with van der Waals surface area (Å²) in [5.74, 6) is 0.817. The summed E-state index contributed by atoms with van der Waals surface area (Å²) in [7, 11) is 0. The van der Waals surface area contributed by atoms with Crippen LogP contribution in [0, 0.1) is 0 Å². The normalized spacial score (nSPS) is 10.2. The molecule has 1 aromatic heterocycles. The zero-order valence-electron chi connectivity index (χ0n) is 9.54. The highest BCUT2D eigenvalue weighted by molar-refractivity contribution is 5.27. The van der Waals surface area contributed by atoms with Crippen molar-refractivity contribution in [2.24, 2.45) is 0 Å². The maximum atomic E-state index is 8.80. The smallest absolute Gasteiger partial charge is 0.130 e. The van der Waals surface area contributed by atoms with Crippen LogP contribution < -0.4 is 4.74 Å². The van der Waals surface area contributed by atoms with Crippen molar-refractivity contribution in [3.63, 3.8) is 0 Å². The number of pyridine rings is 1. The largest absolute Gasteiger partial charge is 0.487 e. The third kappa shape index (κ3) is 3.57. The molecule has 2 rings (SSSR count). The molecule has 0 aliphatic carbocycles. The first kappa shape index (κ1) is 11.6. The van der Waals surface area contributed by atoms with Gasteiger partial charge in [0.05, 0.1) is 5.69 Å². The Morgan fingerprint density at radius 2 is 1.88 bits per heavy atom. The molecule has 0 amide bonds. The van der Waals surface area contributed by atoms with Crippen LogP contribution in [0.15, 0.2) is 48.7 Å². The van der Waals surface area contributed by atoms with Gasteiger partial charge in [-0.2, -0.15) is 0 Å². The van der Waals surface area contributed by atoms with E-state index in [1.54, 1.807) is 6.20 Å². The van der Waals surface area contributed by atoms with Crippen molar-refractivity contribution in [2.45, 2.75) is 13.0 Å². The molecule has 1 aromatic carbocycles. The second-order valence-electron chi connectivity index (χ2n) is 3.73. The summed E-state index contributed by atoms with van der Waals surface area (Å²) < 4.78 is 5.60. The number of aromatic nitrogens is 1. The number of hydrogen-bond donors (Lipinski definition) is 1. The number of aliphatic hydroxyl groups is 1. The van der Waals surface area contributed by atoms with Crippen molar-refractivity contribution in [1.82, 2.24) is 4.98 Å². The standard InChI is InChI=1S/C14H15NO2/c16-10-8-12-4-6-14(7-5-12)17-11-13-3-1-2-9-15-13/h1-7,9,16H,8,10-11H2. The van der Waals surface area contributed by atoms with Gasteiger partial charge in [0, 0.05) is 12.8 Å². The Morgan fingerprint density at radius 3 is 2.53 bits per heavy atom. The van der Waals surface area contributed by atoms with Gasteiger partial charge in [0.1, 0.15) is 12.4 Å². The van der Waals surface area contributed by atoms with Gasteiger partial charge in [0.25, 0.3) is 0 Å². The molecule has 1 N–H and O–H groups in total. The molecule has 17 heavy (non-hydrogen) atoms. The Kier molecular flexibility index (Phi) is 4.11. The number of rotatable bonds is 5. The van der Waals surface area contributed by atoms with E-state index in [2.05, 4.69) is 4.98 Å². The molecule has 0 fully saturated rings. The van der Waals surface area contributed by atoms with Crippen LogP contribution in [0.1, 0.15) is 11.3 Å². The Balaban J connectivity index is 1.91. The van der Waals surface area contributed by atoms with Gasteiger partial charge in [0.15, 0.2) is 0 Å². The van der Waals surface area contributed by atoms with Crippen LogP contribution in [0.3, 0.4) is 0 Å². The molecule has 0 bridgehead atoms. The highest BCUT2D eigenvalue weighted by Crippen LogP contribution is 2.13. The number of aliphatic hydroxyl groups excluding tert-OH is 1. The predicted octanol–water partition coefficient (Wildman–Crippen LogP) is 2.20. The summed E-state index contributed by atoms with van der Waals surface area (Å²) in [4.78, 5) is 4.18. The Hall–Kier alpha value is -1.87. The molecule has 2 aromatic rings. The molecular formula is C14H15NO2. The highest BCUT2D eigenvalue weighted by Gasteiger charge is 1.97. The highest BCUT2D eigenvalue weighted by atomic mass is 16.5. The lowest BCUT2D eigenvalue weighted by Crippen LogP contribution is -1.97. The van der Waals surface area contributed by atoms with E-state index in [1.165, 1.54) is 0 Å². The van der Waals surface area contributed by atoms with E-state index in [1.807, 2.05) is 42.5 Å². The number of hydrogen-bond acceptors (Lipinski definition) is 3. The molecule has 0 spiro atoms. The minimum Gasteiger partial charge on any atom is -0.487 e. The predicted molar refractivity (Wildman–Crippen MR) is 65.8 cm³/mol. The van der Waals surface area contributed by atoms with E-state index in [-0.39, 0.29) is 6.61 Å². The third-order valence-corrected chi connectivity index (χ3v) is 2.44. The lowest BCUT2D eigenvalue weighted by atomic mass is 10.1. The van der Waals surface area contributed by atoms with Crippen LogP contribution in [-0.4, -0.2) is 16.7 Å². The van der Waals surface area contributed by atoms with E-state index in [9.17, 15) is 0 Å². The Morgan fingerprint density at radius 1 is 1.06 bits per heavy atom. The van der Waals surface area contributed by atoms with Gasteiger partial charge < -0.3 is 9.84 Å². The van der Waals surface area contributed by atoms with Crippen LogP contribution in [0.2, 0.25) is 0 Å². The zero-order chi connectivity index (χ0) is 11.9. The summed E-state index contributed by atoms with van der Waals surface area (Å²) in [6, 6.07) is 13.5. The molecule has 0 saturated carbocycles. The molecule has 0 unspecified atom stereocenters. The van der Waals surface area contributed by atoms with E-state index >= 15 is 0 Å². The molecule has 0 saturated heterocycles. The molecule has 3 nitrogen and oxygen atoms in total. The van der Waals surface area contributed by atoms with Crippen LogP contribution >= 0.6 is 0 Å². The van der Waals surface area contributed by atoms with Crippen molar-refractivity contribution >= 4 is 0 Å². The van der Waals surface area contributed by atoms with E-state index < -0.39 is 0 Å². The molecule has 0 aliphatic rings. The van der Waals surface area contributed by atoms with Gasteiger partial charge in [-0.05, 0) is 36.2 Å². The average Bonchev–Trinajstić information content (AvgIpc) is 2.40. The minimum atomic E-state index is 0.175. The quantitative estimate of drug-likeness (QED) is 0.854. The second kappa shape index (κ2) is 6.01. The summed E-state index contributed by atoms with van der Waals surface area (Å²) in [6.07, 6.45) is 2.43. The van der Waals surface area contributed by atoms with Crippen LogP contribution in [-0.2, 0) is 13.0 Å². The fourth-order valence-electron chi connectivity index (χ4n) is 1.52. The topological polar surface area (TPSA) is 42.4 Å². The first-order valence-corrected chi connectivity index (χ1v) is 5.61. The summed E-state index contributed by atoms with van der Waals surface area (Å²) in [6.45, 7) is 0.647. The Labute approximate surface area is 101 Å². The van der Waals surface area contributed by atoms with Gasteiger partial charge in [0.2, 0.25) is 0 Å². The average molecular weight is 229 g/mol. The maximum absolute atomic E-state index is 8.80. The molecule has 0 aliphatic heterocycles. The van der Waals surface area contributed by atoms with Gasteiger partial charge in [-0.3, -0.25) is 4.98 Å². The van der Waals surface area contributed by atoms with Crippen molar-refractivity contribution < 1.29 is 9.84 Å². The fraction of sp³-hybridized carbons (Fsp3) is 0.214. The molecule has 1 heterocycles. The lowest BCUT2D eigenvalue weighted by Gasteiger charge is -2.06. The second-order valence-corrected chi connectivity index (χ2v) is 3.73. The van der Waals surface area contributed by atoms with Crippen LogP contribution in [0.4, 0.5) is 0 Å². The lowest BCUT2D eigenvalue weighted by molar-refractivity contribution is 0.297. The number of nitrogens with zero attached hydrogens (tertiary/aromatic N) is 1. The third-order valence-electron chi connectivity index (χ3n) is 2.44. The first-order valence-electron chi connectivity index (χ1n) is 5.61. The zero-order valence-corrected chi connectivity index (χ0v) is 9.54. The number of benzene rings is 1. The fourth-order valence-corrected chi connectivity index (χ4v) is 1.52. The summed E-state index contributed by atoms with van der Waals surface area (Å²) >= 11 is 0. The van der Waals surface area contributed by atoms with Gasteiger partial charge in [-0.25, -0.2) is 0 Å². The first-order chi connectivity index (χ1) is 8.38. The molecule has 0 radical (unpaired) electrons. The van der Waals surface area contributed by atoms with Crippen molar-refractivity contribution in [3.05, 3.63) is 59.9 Å². The molecule has 88 valence electrons. The van der Waals surface area contributed by atoms with Gasteiger partial charge in [-0.15, -0.1) is 0 Å². The van der Waals surface area contributed by atoms with Crippen molar-refractivity contribution in [1.29, 1.82) is 0 Å². The van der Waals surface area contributed by atoms with Crippen LogP contribution in [0.25, 0.3) is 0 Å². The van der Waals surface area contributed by atoms with Gasteiger partial charge in [-0.1, -0.05) is 18.2 Å². The Bertz CT molecular complexity index is 440. The van der Waals surface area contributed by atoms with Crippen molar-refractivity contribution in [3.8, 4) is 5.75 Å². The van der Waals surface area contributed by atoms with E-state index in [0.29, 0.717) is 13.0 Å². The maximum Gasteiger partial charge on any atom is 0.130 e. The molecule has 0 atom stereocenters. The number of ether oxygens (including phenoxy) is 1. The molecule has 3 heteroatoms. The van der Waals surface area contributed by atoms with Crippen molar-refractivity contribution in [2.75, 3.05) is 6.61 Å². The van der Waals surface area contributed by atoms with Gasteiger partial charge >= 0.3 is 0 Å². The van der Waals surface area contributed by atoms with E-state index in [4.69, 9.17) is 9.84 Å². The van der Waals surface area contributed by atoms with E-state index in [0.717, 1.165) is 17.0 Å². The van der Waals surface area contributed by atoms with Crippen LogP contribution in [0.5, 0.6) is 5.75 Å². The minimum absolute atomic E-state index is 0.175. The summed E-state index contributed by atoms with van der Waals surface area (Å²) in [5.41, 5.74) is 2.02.